The number of aliphatic hydroxyl groups excluding tert-OH is 5. The molecule has 3 aliphatic carbocycles. The highest BCUT2D eigenvalue weighted by molar-refractivity contribution is 5.94. The molecule has 4 saturated heterocycles. The number of nitrogens with zero attached hydrogens (tertiary/aromatic N) is 1. The number of amides is 2. The maximum absolute atomic E-state index is 14.8. The Morgan fingerprint density at radius 1 is 0.984 bits per heavy atom. The summed E-state index contributed by atoms with van der Waals surface area (Å²) in [6.45, 7) is 4.16. The number of fused-ring (bicyclic) bond motifs is 4. The summed E-state index contributed by atoms with van der Waals surface area (Å²) < 4.78 is 36.3. The van der Waals surface area contributed by atoms with Crippen LogP contribution in [0.3, 0.4) is 0 Å². The highest BCUT2D eigenvalue weighted by Crippen LogP contribution is 2.63. The summed E-state index contributed by atoms with van der Waals surface area (Å²) in [5, 5.41) is 57.2. The fraction of sp³-hybridized carbons (Fsp3) is 0.727. The minimum absolute atomic E-state index is 0.00395. The topological polar surface area (TPSA) is 261 Å². The quantitative estimate of drug-likeness (QED) is 0.0936. The Labute approximate surface area is 365 Å². The van der Waals surface area contributed by atoms with E-state index in [9.17, 15) is 44.7 Å². The molecule has 7 N–H and O–H groups in total. The second-order valence-corrected chi connectivity index (χ2v) is 18.9. The van der Waals surface area contributed by atoms with Crippen molar-refractivity contribution in [3.8, 4) is 0 Å². The Morgan fingerprint density at radius 3 is 2.38 bits per heavy atom. The Kier molecular flexibility index (Phi) is 13.4. The summed E-state index contributed by atoms with van der Waals surface area (Å²) in [6.07, 6.45) is -2.84. The van der Waals surface area contributed by atoms with E-state index >= 15 is 0 Å². The van der Waals surface area contributed by atoms with Crippen molar-refractivity contribution in [1.29, 1.82) is 0 Å². The number of ether oxygens (including phenoxy) is 6. The van der Waals surface area contributed by atoms with Crippen LogP contribution in [-0.2, 0) is 59.0 Å². The lowest BCUT2D eigenvalue weighted by Gasteiger charge is -2.48. The van der Waals surface area contributed by atoms with Crippen molar-refractivity contribution in [2.45, 2.75) is 157 Å². The van der Waals surface area contributed by atoms with Crippen LogP contribution in [0.15, 0.2) is 30.3 Å². The molecule has 63 heavy (non-hydrogen) atoms. The number of aliphatic hydroxyl groups is 5. The second kappa shape index (κ2) is 18.4. The van der Waals surface area contributed by atoms with Crippen LogP contribution in [-0.4, -0.2) is 159 Å². The summed E-state index contributed by atoms with van der Waals surface area (Å²) in [6, 6.07) is 5.45. The van der Waals surface area contributed by atoms with Gasteiger partial charge in [-0.1, -0.05) is 36.4 Å². The third-order valence-corrected chi connectivity index (χ3v) is 13.1. The number of nitrogens with one attached hydrogen (secondary N) is 2. The van der Waals surface area contributed by atoms with E-state index in [4.69, 9.17) is 33.3 Å². The molecule has 7 fully saturated rings. The summed E-state index contributed by atoms with van der Waals surface area (Å²) >= 11 is 0. The van der Waals surface area contributed by atoms with Gasteiger partial charge in [-0.15, -0.1) is 0 Å². The van der Waals surface area contributed by atoms with Crippen LogP contribution >= 0.6 is 0 Å². The molecule has 1 aromatic rings. The van der Waals surface area contributed by atoms with Crippen molar-refractivity contribution in [2.75, 3.05) is 26.4 Å². The van der Waals surface area contributed by atoms with Crippen LogP contribution < -0.4 is 10.6 Å². The summed E-state index contributed by atoms with van der Waals surface area (Å²) in [4.78, 5) is 61.0. The van der Waals surface area contributed by atoms with Crippen molar-refractivity contribution >= 4 is 29.8 Å². The van der Waals surface area contributed by atoms with E-state index < -0.39 is 121 Å². The Bertz CT molecular complexity index is 1870. The first kappa shape index (κ1) is 45.9. The zero-order chi connectivity index (χ0) is 44.8. The van der Waals surface area contributed by atoms with Crippen LogP contribution in [0.2, 0.25) is 0 Å². The number of hydrogen-bond donors (Lipinski definition) is 7. The molecule has 0 aromatic heterocycles. The van der Waals surface area contributed by atoms with Crippen molar-refractivity contribution in [3.05, 3.63) is 41.5 Å². The Hall–Kier alpha value is -3.60. The van der Waals surface area contributed by atoms with E-state index in [1.54, 1.807) is 32.9 Å². The zero-order valence-corrected chi connectivity index (χ0v) is 35.8. The van der Waals surface area contributed by atoms with Gasteiger partial charge in [0.25, 0.3) is 0 Å². The minimum atomic E-state index is -1.58. The fourth-order valence-electron chi connectivity index (χ4n) is 9.85. The number of carbonyl (C=O) groups is 4. The lowest BCUT2D eigenvalue weighted by atomic mass is 9.62. The lowest BCUT2D eigenvalue weighted by Crippen LogP contribution is -2.69. The average molecular weight is 888 g/mol. The van der Waals surface area contributed by atoms with Gasteiger partial charge in [-0.2, -0.15) is 5.06 Å². The van der Waals surface area contributed by atoms with Gasteiger partial charge in [0, 0.05) is 37.6 Å². The number of benzene rings is 1. The molecule has 8 rings (SSSR count). The van der Waals surface area contributed by atoms with Gasteiger partial charge in [0.05, 0.1) is 32.4 Å². The van der Waals surface area contributed by atoms with Gasteiger partial charge in [-0.3, -0.25) is 24.0 Å². The molecular formula is C44H61N3O16. The molecule has 0 unspecified atom stereocenters. The van der Waals surface area contributed by atoms with Gasteiger partial charge in [-0.25, -0.2) is 0 Å². The van der Waals surface area contributed by atoms with Gasteiger partial charge in [0.2, 0.25) is 11.8 Å². The Morgan fingerprint density at radius 2 is 1.70 bits per heavy atom. The highest BCUT2D eigenvalue weighted by atomic mass is 16.8. The van der Waals surface area contributed by atoms with Crippen LogP contribution in [0, 0.1) is 17.3 Å². The van der Waals surface area contributed by atoms with Gasteiger partial charge in [0.1, 0.15) is 59.8 Å². The molecule has 4 aliphatic heterocycles. The van der Waals surface area contributed by atoms with Crippen molar-refractivity contribution < 1.29 is 78.0 Å². The molecule has 19 nitrogen and oxygen atoms in total. The molecular weight excluding hydrogens is 826 g/mol. The third kappa shape index (κ3) is 9.29. The minimum Gasteiger partial charge on any atom is -0.460 e. The van der Waals surface area contributed by atoms with Crippen LogP contribution in [0.1, 0.15) is 83.3 Å². The summed E-state index contributed by atoms with van der Waals surface area (Å²) in [7, 11) is 0. The van der Waals surface area contributed by atoms with E-state index in [-0.39, 0.29) is 57.2 Å². The lowest BCUT2D eigenvalue weighted by molar-refractivity contribution is -0.298. The van der Waals surface area contributed by atoms with Crippen molar-refractivity contribution in [3.63, 3.8) is 0 Å². The third-order valence-electron chi connectivity index (χ3n) is 13.1. The highest BCUT2D eigenvalue weighted by Gasteiger charge is 2.78. The number of hydrogen-bond acceptors (Lipinski definition) is 17. The van der Waals surface area contributed by atoms with Crippen molar-refractivity contribution in [1.82, 2.24) is 15.7 Å². The number of hydroxylamine groups is 2. The number of carbonyl (C=O) groups excluding carboxylic acids is 4. The predicted molar refractivity (Wildman–Crippen MR) is 216 cm³/mol. The first-order valence-corrected chi connectivity index (χ1v) is 22.1. The maximum Gasteiger partial charge on any atom is 0.327 e. The number of esters is 2. The van der Waals surface area contributed by atoms with E-state index in [0.717, 1.165) is 31.2 Å². The molecule has 12 atom stereocenters. The molecule has 19 heteroatoms. The average Bonchev–Trinajstić information content (AvgIpc) is 4.19. The molecule has 348 valence electrons. The van der Waals surface area contributed by atoms with Crippen molar-refractivity contribution in [2.24, 2.45) is 17.3 Å². The van der Waals surface area contributed by atoms with Gasteiger partial charge >= 0.3 is 11.9 Å². The molecule has 2 amide bonds. The monoisotopic (exact) mass is 887 g/mol. The molecule has 1 aromatic carbocycles. The zero-order valence-electron chi connectivity index (χ0n) is 35.8. The van der Waals surface area contributed by atoms with Gasteiger partial charge in [-0.05, 0) is 64.0 Å². The van der Waals surface area contributed by atoms with E-state index in [1.165, 1.54) is 5.06 Å². The predicted octanol–water partition coefficient (Wildman–Crippen LogP) is -0.278. The molecule has 0 radical (unpaired) electrons. The molecule has 2 bridgehead atoms. The fourth-order valence-corrected chi connectivity index (χ4v) is 9.85. The summed E-state index contributed by atoms with van der Waals surface area (Å²) in [5.74, 6) is -2.49. The van der Waals surface area contributed by atoms with Gasteiger partial charge < -0.3 is 64.6 Å². The first-order chi connectivity index (χ1) is 30.1. The van der Waals surface area contributed by atoms with Gasteiger partial charge in [0.15, 0.2) is 18.1 Å². The Balaban J connectivity index is 0.975. The second-order valence-electron chi connectivity index (χ2n) is 18.9. The SMILES string of the molecule is CC(C)(C)OC(=O)CC[C@@H](CO)NC(=O)CCNC(=O)[C@@]12C[C@H]3OC(=O)[C@@H]1N(Cc1ccccc1C=CCO[C@H]1O[C@H](CO)[C@H](O)[C@H](O)[C@H]1O)O[C@@H]2[C@H]1OC(C2CC2)(C2CC2)O[C@H]13. The van der Waals surface area contributed by atoms with Crippen LogP contribution in [0.4, 0.5) is 0 Å². The standard InChI is InChI=1S/C44H61N3O16/c1-42(2,3)60-31(51)15-14-27(21-48)46-30(50)16-17-45-41(56)43-19-28-35-36(62-44(61-35,25-10-11-25)26-12-13-26)38(43)63-47(37(43)39(55)58-28)20-24-8-5-4-7-23(24)9-6-18-57-40-34(54)33(53)32(52)29(22-49)59-40/h4-9,25-29,32-38,40,48-49,52-54H,10-22H2,1-3H3,(H,45,56)(H,46,50)/t27-,28+,29+,32-,33-,34+,35-,36-,37-,38+,40-,43-/m0/s1. The number of rotatable bonds is 18. The van der Waals surface area contributed by atoms with Crippen LogP contribution in [0.25, 0.3) is 6.08 Å². The van der Waals surface area contributed by atoms with E-state index in [2.05, 4.69) is 10.6 Å². The van der Waals surface area contributed by atoms with Crippen LogP contribution in [0.5, 0.6) is 0 Å². The van der Waals surface area contributed by atoms with E-state index in [0.29, 0.717) is 5.56 Å². The normalized spacial score (nSPS) is 35.2. The smallest absolute Gasteiger partial charge is 0.327 e. The largest absolute Gasteiger partial charge is 0.460 e. The maximum atomic E-state index is 14.8. The molecule has 0 spiro atoms. The molecule has 4 heterocycles. The van der Waals surface area contributed by atoms with E-state index in [1.807, 2.05) is 24.3 Å². The molecule has 3 saturated carbocycles. The summed E-state index contributed by atoms with van der Waals surface area (Å²) in [5.41, 5.74) is -0.709. The first-order valence-electron chi connectivity index (χ1n) is 22.1. The molecule has 7 aliphatic rings.